The van der Waals surface area contributed by atoms with Gasteiger partial charge < -0.3 is 5.32 Å². The van der Waals surface area contributed by atoms with Crippen molar-refractivity contribution < 1.29 is 13.3 Å². The minimum absolute atomic E-state index is 0.0125. The van der Waals surface area contributed by atoms with Gasteiger partial charge in [-0.05, 0) is 18.6 Å². The molecule has 0 aliphatic carbocycles. The zero-order valence-electron chi connectivity index (χ0n) is 10.8. The molecule has 0 saturated carbocycles. The van der Waals surface area contributed by atoms with E-state index in [1.165, 1.54) is 18.2 Å². The number of anilines is 1. The van der Waals surface area contributed by atoms with Crippen molar-refractivity contribution in [2.24, 2.45) is 0 Å². The van der Waals surface area contributed by atoms with Crippen LogP contribution in [0.3, 0.4) is 0 Å². The largest absolute Gasteiger partial charge is 0.379 e. The summed E-state index contributed by atoms with van der Waals surface area (Å²) in [5.74, 6) is 0. The fourth-order valence-corrected chi connectivity index (χ4v) is 2.58. The second-order valence-electron chi connectivity index (χ2n) is 3.86. The van der Waals surface area contributed by atoms with Crippen LogP contribution in [0.1, 0.15) is 20.3 Å². The predicted molar refractivity (Wildman–Crippen MR) is 72.7 cm³/mol. The predicted octanol–water partition coefficient (Wildman–Crippen LogP) is 1.71. The molecule has 1 aromatic carbocycles. The van der Waals surface area contributed by atoms with Crippen molar-refractivity contribution in [1.82, 2.24) is 4.72 Å². The van der Waals surface area contributed by atoms with Crippen LogP contribution >= 0.6 is 0 Å². The molecule has 0 radical (unpaired) electrons. The lowest BCUT2D eigenvalue weighted by Gasteiger charge is -2.09. The van der Waals surface area contributed by atoms with Gasteiger partial charge in [0.05, 0.1) is 9.82 Å². The van der Waals surface area contributed by atoms with Crippen molar-refractivity contribution in [2.75, 3.05) is 18.4 Å². The summed E-state index contributed by atoms with van der Waals surface area (Å²) in [5.41, 5.74) is 0.0785. The number of nitro groups is 1. The van der Waals surface area contributed by atoms with Gasteiger partial charge in [-0.15, -0.1) is 0 Å². The lowest BCUT2D eigenvalue weighted by Crippen LogP contribution is -2.23. The Morgan fingerprint density at radius 1 is 1.32 bits per heavy atom. The van der Waals surface area contributed by atoms with Gasteiger partial charge >= 0.3 is 0 Å². The Hall–Kier alpha value is -1.67. The van der Waals surface area contributed by atoms with E-state index in [0.29, 0.717) is 6.54 Å². The van der Waals surface area contributed by atoms with Gasteiger partial charge in [-0.25, -0.2) is 13.1 Å². The van der Waals surface area contributed by atoms with Gasteiger partial charge in [-0.1, -0.05) is 13.8 Å². The average Bonchev–Trinajstić information content (AvgIpc) is 2.35. The van der Waals surface area contributed by atoms with Gasteiger partial charge in [-0.3, -0.25) is 10.1 Å². The second kappa shape index (κ2) is 6.48. The first-order valence-corrected chi connectivity index (χ1v) is 7.42. The fraction of sp³-hybridized carbons (Fsp3) is 0.455. The molecule has 0 unspecified atom stereocenters. The Balaban J connectivity index is 3.21. The molecule has 8 heteroatoms. The summed E-state index contributed by atoms with van der Waals surface area (Å²) < 4.78 is 26.0. The van der Waals surface area contributed by atoms with E-state index in [1.807, 2.05) is 6.92 Å². The van der Waals surface area contributed by atoms with E-state index in [4.69, 9.17) is 0 Å². The number of hydrogen-bond donors (Lipinski definition) is 2. The monoisotopic (exact) mass is 287 g/mol. The molecule has 0 aliphatic heterocycles. The van der Waals surface area contributed by atoms with E-state index >= 15 is 0 Å². The summed E-state index contributed by atoms with van der Waals surface area (Å²) in [6.07, 6.45) is 0.779. The quantitative estimate of drug-likeness (QED) is 0.587. The molecule has 0 aliphatic rings. The average molecular weight is 287 g/mol. The third kappa shape index (κ3) is 3.90. The molecular formula is C11H17N3O4S. The number of nitrogens with zero attached hydrogens (tertiary/aromatic N) is 1. The van der Waals surface area contributed by atoms with Crippen LogP contribution < -0.4 is 10.0 Å². The maximum atomic E-state index is 11.8. The Morgan fingerprint density at radius 2 is 2.00 bits per heavy atom. The van der Waals surface area contributed by atoms with Crippen molar-refractivity contribution in [1.29, 1.82) is 0 Å². The highest BCUT2D eigenvalue weighted by Gasteiger charge is 2.19. The third-order valence-electron chi connectivity index (χ3n) is 2.37. The molecule has 1 aromatic rings. The van der Waals surface area contributed by atoms with E-state index in [2.05, 4.69) is 10.0 Å². The van der Waals surface area contributed by atoms with Crippen molar-refractivity contribution in [3.05, 3.63) is 28.3 Å². The smallest absolute Gasteiger partial charge is 0.292 e. The lowest BCUT2D eigenvalue weighted by atomic mass is 10.2. The number of benzene rings is 1. The summed E-state index contributed by atoms with van der Waals surface area (Å²) in [5, 5.41) is 13.7. The summed E-state index contributed by atoms with van der Waals surface area (Å²) in [4.78, 5) is 10.3. The summed E-state index contributed by atoms with van der Waals surface area (Å²) >= 11 is 0. The Morgan fingerprint density at radius 3 is 2.53 bits per heavy atom. The Bertz CT molecular complexity index is 557. The van der Waals surface area contributed by atoms with Gasteiger partial charge in [0.25, 0.3) is 5.69 Å². The van der Waals surface area contributed by atoms with Crippen LogP contribution in [0.5, 0.6) is 0 Å². The second-order valence-corrected chi connectivity index (χ2v) is 5.63. The van der Waals surface area contributed by atoms with E-state index < -0.39 is 14.9 Å². The van der Waals surface area contributed by atoms with Crippen LogP contribution in [0.2, 0.25) is 0 Å². The summed E-state index contributed by atoms with van der Waals surface area (Å²) in [7, 11) is -3.61. The van der Waals surface area contributed by atoms with Crippen molar-refractivity contribution >= 4 is 21.4 Å². The van der Waals surface area contributed by atoms with Gasteiger partial charge in [-0.2, -0.15) is 0 Å². The van der Waals surface area contributed by atoms with Gasteiger partial charge in [0.15, 0.2) is 0 Å². The molecule has 0 fully saturated rings. The lowest BCUT2D eigenvalue weighted by molar-refractivity contribution is -0.384. The molecule has 0 bridgehead atoms. The molecule has 106 valence electrons. The first-order valence-electron chi connectivity index (χ1n) is 5.94. The van der Waals surface area contributed by atoms with Crippen LogP contribution in [0, 0.1) is 10.1 Å². The minimum Gasteiger partial charge on any atom is -0.379 e. The SMILES string of the molecule is CCCNc1cc(S(=O)(=O)NCC)ccc1[N+](=O)[O-]. The molecule has 0 atom stereocenters. The first-order chi connectivity index (χ1) is 8.92. The maximum absolute atomic E-state index is 11.8. The molecule has 0 spiro atoms. The van der Waals surface area contributed by atoms with E-state index in [-0.39, 0.29) is 22.8 Å². The van der Waals surface area contributed by atoms with Crippen LogP contribution in [-0.4, -0.2) is 26.4 Å². The number of nitrogens with one attached hydrogen (secondary N) is 2. The first kappa shape index (κ1) is 15.4. The van der Waals surface area contributed by atoms with E-state index in [1.54, 1.807) is 6.92 Å². The van der Waals surface area contributed by atoms with E-state index in [0.717, 1.165) is 6.42 Å². The minimum atomic E-state index is -3.61. The molecule has 19 heavy (non-hydrogen) atoms. The summed E-state index contributed by atoms with van der Waals surface area (Å²) in [6.45, 7) is 4.37. The molecule has 0 aromatic heterocycles. The number of nitro benzene ring substituents is 1. The highest BCUT2D eigenvalue weighted by atomic mass is 32.2. The van der Waals surface area contributed by atoms with Gasteiger partial charge in [0.2, 0.25) is 10.0 Å². The summed E-state index contributed by atoms with van der Waals surface area (Å²) in [6, 6.07) is 3.71. The highest BCUT2D eigenvalue weighted by molar-refractivity contribution is 7.89. The van der Waals surface area contributed by atoms with Crippen molar-refractivity contribution in [3.8, 4) is 0 Å². The molecule has 0 saturated heterocycles. The normalized spacial score (nSPS) is 11.3. The topological polar surface area (TPSA) is 101 Å². The Kier molecular flexibility index (Phi) is 5.25. The van der Waals surface area contributed by atoms with Gasteiger partial charge in [0, 0.05) is 19.2 Å². The van der Waals surface area contributed by atoms with Crippen molar-refractivity contribution in [2.45, 2.75) is 25.2 Å². The van der Waals surface area contributed by atoms with Crippen LogP contribution in [0.25, 0.3) is 0 Å². The zero-order valence-corrected chi connectivity index (χ0v) is 11.7. The standard InChI is InChI=1S/C11H17N3O4S/c1-3-7-12-10-8-9(19(17,18)13-4-2)5-6-11(10)14(15)16/h5-6,8,12-13H,3-4,7H2,1-2H3. The molecular weight excluding hydrogens is 270 g/mol. The fourth-order valence-electron chi connectivity index (χ4n) is 1.52. The third-order valence-corrected chi connectivity index (χ3v) is 3.92. The highest BCUT2D eigenvalue weighted by Crippen LogP contribution is 2.27. The maximum Gasteiger partial charge on any atom is 0.292 e. The van der Waals surface area contributed by atoms with Crippen molar-refractivity contribution in [3.63, 3.8) is 0 Å². The van der Waals surface area contributed by atoms with Crippen LogP contribution in [0.15, 0.2) is 23.1 Å². The number of rotatable bonds is 7. The number of hydrogen-bond acceptors (Lipinski definition) is 5. The van der Waals surface area contributed by atoms with Gasteiger partial charge in [0.1, 0.15) is 5.69 Å². The van der Waals surface area contributed by atoms with Crippen LogP contribution in [0.4, 0.5) is 11.4 Å². The molecule has 0 amide bonds. The Labute approximate surface area is 112 Å². The van der Waals surface area contributed by atoms with Crippen LogP contribution in [-0.2, 0) is 10.0 Å². The van der Waals surface area contributed by atoms with E-state index in [9.17, 15) is 18.5 Å². The molecule has 7 nitrogen and oxygen atoms in total. The molecule has 0 heterocycles. The molecule has 2 N–H and O–H groups in total. The molecule has 1 rings (SSSR count). The number of sulfonamides is 1. The zero-order chi connectivity index (χ0) is 14.5.